The highest BCUT2D eigenvalue weighted by molar-refractivity contribution is 6.02. The summed E-state index contributed by atoms with van der Waals surface area (Å²) in [5.41, 5.74) is 0.944. The minimum atomic E-state index is -0.728. The van der Waals surface area contributed by atoms with Crippen LogP contribution in [0.25, 0.3) is 0 Å². The van der Waals surface area contributed by atoms with Gasteiger partial charge in [-0.15, -0.1) is 0 Å². The summed E-state index contributed by atoms with van der Waals surface area (Å²) >= 11 is 0. The number of nitrogens with one attached hydrogen (secondary N) is 3. The van der Waals surface area contributed by atoms with Crippen LogP contribution in [0.2, 0.25) is 0 Å². The van der Waals surface area contributed by atoms with Gasteiger partial charge in [0.25, 0.3) is 5.91 Å². The molecule has 27 heavy (non-hydrogen) atoms. The van der Waals surface area contributed by atoms with Gasteiger partial charge < -0.3 is 24.8 Å². The number of nitro groups is 1. The number of urea groups is 1. The minimum Gasteiger partial charge on any atom is -0.467 e. The van der Waals surface area contributed by atoms with Crippen LogP contribution in [0.3, 0.4) is 0 Å². The van der Waals surface area contributed by atoms with Gasteiger partial charge in [0, 0.05) is 11.4 Å². The van der Waals surface area contributed by atoms with Gasteiger partial charge in [0.05, 0.1) is 18.9 Å². The molecule has 1 aromatic carbocycles. The number of nitrogens with zero attached hydrogens (tertiary/aromatic N) is 1. The molecule has 0 atom stereocenters. The van der Waals surface area contributed by atoms with E-state index in [9.17, 15) is 19.7 Å². The lowest BCUT2D eigenvalue weighted by atomic mass is 10.2. The van der Waals surface area contributed by atoms with Crippen molar-refractivity contribution in [2.45, 2.75) is 6.54 Å². The van der Waals surface area contributed by atoms with Crippen molar-refractivity contribution in [3.63, 3.8) is 0 Å². The summed E-state index contributed by atoms with van der Waals surface area (Å²) in [5.74, 6) is -0.692. The van der Waals surface area contributed by atoms with Crippen molar-refractivity contribution in [3.8, 4) is 0 Å². The first-order chi connectivity index (χ1) is 13.0. The molecule has 0 saturated heterocycles. The third-order valence-corrected chi connectivity index (χ3v) is 3.40. The van der Waals surface area contributed by atoms with Gasteiger partial charge in [0.15, 0.2) is 5.76 Å². The first-order valence-electron chi connectivity index (χ1n) is 7.74. The van der Waals surface area contributed by atoms with Crippen LogP contribution in [0.5, 0.6) is 0 Å². The minimum absolute atomic E-state index is 0.179. The molecule has 3 N–H and O–H groups in total. The first kappa shape index (κ1) is 17.7. The molecule has 2 aromatic heterocycles. The molecule has 0 saturated carbocycles. The Bertz CT molecular complexity index is 946. The third-order valence-electron chi connectivity index (χ3n) is 3.40. The Hall–Kier alpha value is -4.08. The van der Waals surface area contributed by atoms with Gasteiger partial charge in [-0.3, -0.25) is 14.9 Å². The smallest absolute Gasteiger partial charge is 0.433 e. The Morgan fingerprint density at radius 1 is 1.00 bits per heavy atom. The van der Waals surface area contributed by atoms with E-state index in [4.69, 9.17) is 8.83 Å². The van der Waals surface area contributed by atoms with E-state index in [1.54, 1.807) is 36.4 Å². The first-order valence-corrected chi connectivity index (χ1v) is 7.74. The maximum atomic E-state index is 12.0. The van der Waals surface area contributed by atoms with Crippen LogP contribution in [0.1, 0.15) is 16.3 Å². The fourth-order valence-electron chi connectivity index (χ4n) is 2.13. The zero-order valence-electron chi connectivity index (χ0n) is 13.8. The number of furan rings is 2. The molecule has 3 amide bonds. The van der Waals surface area contributed by atoms with Crippen molar-refractivity contribution >= 4 is 29.2 Å². The summed E-state index contributed by atoms with van der Waals surface area (Å²) in [6, 6.07) is 11.7. The van der Waals surface area contributed by atoms with E-state index >= 15 is 0 Å². The second kappa shape index (κ2) is 7.87. The van der Waals surface area contributed by atoms with Crippen molar-refractivity contribution in [3.05, 3.63) is 76.4 Å². The van der Waals surface area contributed by atoms with Gasteiger partial charge in [-0.05, 0) is 42.5 Å². The SMILES string of the molecule is O=C(NCc1ccco1)Nc1ccc(NC(=O)c2ccc([N+](=O)[O-])o2)cc1. The number of carbonyl (C=O) groups excluding carboxylic acids is 2. The number of amides is 3. The lowest BCUT2D eigenvalue weighted by Gasteiger charge is -2.08. The summed E-state index contributed by atoms with van der Waals surface area (Å²) in [5, 5.41) is 18.4. The Balaban J connectivity index is 1.52. The molecule has 3 rings (SSSR count). The van der Waals surface area contributed by atoms with Gasteiger partial charge in [-0.2, -0.15) is 0 Å². The van der Waals surface area contributed by atoms with Crippen LogP contribution in [-0.4, -0.2) is 16.9 Å². The molecule has 0 spiro atoms. The second-order valence-electron chi connectivity index (χ2n) is 5.31. The van der Waals surface area contributed by atoms with E-state index in [1.807, 2.05) is 0 Å². The predicted octanol–water partition coefficient (Wildman–Crippen LogP) is 3.35. The van der Waals surface area contributed by atoms with Crippen molar-refractivity contribution in [1.82, 2.24) is 5.32 Å². The van der Waals surface area contributed by atoms with E-state index in [-0.39, 0.29) is 12.3 Å². The summed E-state index contributed by atoms with van der Waals surface area (Å²) in [4.78, 5) is 33.6. The molecule has 0 aliphatic carbocycles. The number of hydrogen-bond acceptors (Lipinski definition) is 6. The molecular weight excluding hydrogens is 356 g/mol. The van der Waals surface area contributed by atoms with Crippen LogP contribution in [0, 0.1) is 10.1 Å². The summed E-state index contributed by atoms with van der Waals surface area (Å²) in [6.07, 6.45) is 1.52. The Morgan fingerprint density at radius 2 is 1.70 bits per heavy atom. The average Bonchev–Trinajstić information content (AvgIpc) is 3.33. The van der Waals surface area contributed by atoms with E-state index in [0.29, 0.717) is 17.1 Å². The standard InChI is InChI=1S/C17H14N4O6/c22-16(14-7-8-15(27-14)21(24)25)19-11-3-5-12(6-4-11)20-17(23)18-10-13-2-1-9-26-13/h1-9H,10H2,(H,19,22)(H2,18,20,23). The molecule has 0 aliphatic rings. The van der Waals surface area contributed by atoms with Gasteiger partial charge in [0.1, 0.15) is 10.7 Å². The van der Waals surface area contributed by atoms with Gasteiger partial charge >= 0.3 is 11.9 Å². The van der Waals surface area contributed by atoms with Crippen LogP contribution >= 0.6 is 0 Å². The molecule has 2 heterocycles. The van der Waals surface area contributed by atoms with Crippen molar-refractivity contribution in [1.29, 1.82) is 0 Å². The highest BCUT2D eigenvalue weighted by atomic mass is 16.6. The largest absolute Gasteiger partial charge is 0.467 e. The third kappa shape index (κ3) is 4.72. The van der Waals surface area contributed by atoms with E-state index < -0.39 is 22.7 Å². The van der Waals surface area contributed by atoms with Crippen molar-refractivity contribution in [2.24, 2.45) is 0 Å². The number of benzene rings is 1. The predicted molar refractivity (Wildman–Crippen MR) is 94.3 cm³/mol. The number of carbonyl (C=O) groups is 2. The lowest BCUT2D eigenvalue weighted by molar-refractivity contribution is -0.402. The highest BCUT2D eigenvalue weighted by Gasteiger charge is 2.17. The number of rotatable bonds is 6. The lowest BCUT2D eigenvalue weighted by Crippen LogP contribution is -2.27. The Morgan fingerprint density at radius 3 is 2.30 bits per heavy atom. The Kier molecular flexibility index (Phi) is 5.17. The zero-order valence-corrected chi connectivity index (χ0v) is 13.8. The van der Waals surface area contributed by atoms with Crippen molar-refractivity contribution < 1.29 is 23.3 Å². The molecule has 0 fully saturated rings. The number of hydrogen-bond donors (Lipinski definition) is 3. The van der Waals surface area contributed by atoms with Crippen molar-refractivity contribution in [2.75, 3.05) is 10.6 Å². The Labute approximate surface area is 152 Å². The van der Waals surface area contributed by atoms with Crippen LogP contribution in [0.4, 0.5) is 22.1 Å². The van der Waals surface area contributed by atoms with Crippen LogP contribution < -0.4 is 16.0 Å². The van der Waals surface area contributed by atoms with E-state index in [1.165, 1.54) is 12.3 Å². The number of anilines is 2. The van der Waals surface area contributed by atoms with Crippen LogP contribution in [-0.2, 0) is 6.54 Å². The molecule has 3 aromatic rings. The summed E-state index contributed by atoms with van der Waals surface area (Å²) < 4.78 is 9.94. The molecule has 138 valence electrons. The highest BCUT2D eigenvalue weighted by Crippen LogP contribution is 2.18. The molecular formula is C17H14N4O6. The normalized spacial score (nSPS) is 10.2. The van der Waals surface area contributed by atoms with E-state index in [2.05, 4.69) is 16.0 Å². The molecule has 0 bridgehead atoms. The van der Waals surface area contributed by atoms with E-state index in [0.717, 1.165) is 6.07 Å². The molecule has 0 radical (unpaired) electrons. The van der Waals surface area contributed by atoms with Gasteiger partial charge in [-0.25, -0.2) is 4.79 Å². The monoisotopic (exact) mass is 370 g/mol. The average molecular weight is 370 g/mol. The summed E-state index contributed by atoms with van der Waals surface area (Å²) in [7, 11) is 0. The second-order valence-corrected chi connectivity index (χ2v) is 5.31. The zero-order chi connectivity index (χ0) is 19.2. The molecule has 0 aliphatic heterocycles. The fraction of sp³-hybridized carbons (Fsp3) is 0.0588. The van der Waals surface area contributed by atoms with Crippen LogP contribution in [0.15, 0.2) is 63.6 Å². The molecule has 0 unspecified atom stereocenters. The maximum absolute atomic E-state index is 12.0. The topological polar surface area (TPSA) is 140 Å². The van der Waals surface area contributed by atoms with Gasteiger partial charge in [-0.1, -0.05) is 0 Å². The molecule has 10 nitrogen and oxygen atoms in total. The molecule has 10 heteroatoms. The summed E-state index contributed by atoms with van der Waals surface area (Å²) in [6.45, 7) is 0.252. The maximum Gasteiger partial charge on any atom is 0.433 e. The van der Waals surface area contributed by atoms with Gasteiger partial charge in [0.2, 0.25) is 0 Å². The fourth-order valence-corrected chi connectivity index (χ4v) is 2.13. The quantitative estimate of drug-likeness (QED) is 0.449.